The van der Waals surface area contributed by atoms with Crippen LogP contribution in [-0.2, 0) is 17.8 Å². The molecule has 0 amide bonds. The summed E-state index contributed by atoms with van der Waals surface area (Å²) in [7, 11) is 0. The summed E-state index contributed by atoms with van der Waals surface area (Å²) >= 11 is 3.48. The average molecular weight is 412 g/mol. The molecule has 0 unspecified atom stereocenters. The van der Waals surface area contributed by atoms with Gasteiger partial charge < -0.3 is 9.15 Å². The number of pyridine rings is 1. The average Bonchev–Trinajstić information content (AvgIpc) is 3.32. The van der Waals surface area contributed by atoms with Crippen LogP contribution in [-0.4, -0.2) is 26.3 Å². The topological polar surface area (TPSA) is 61.0 Å². The lowest BCUT2D eigenvalue weighted by molar-refractivity contribution is -0.0395. The van der Waals surface area contributed by atoms with E-state index in [1.165, 1.54) is 5.56 Å². The van der Waals surface area contributed by atoms with Crippen LogP contribution in [0.5, 0.6) is 0 Å². The Morgan fingerprint density at radius 1 is 1.25 bits per heavy atom. The molecule has 0 N–H and O–H groups in total. The first kappa shape index (κ1) is 18.1. The first-order valence-electron chi connectivity index (χ1n) is 9.47. The van der Waals surface area contributed by atoms with Gasteiger partial charge in [0, 0.05) is 17.4 Å². The Balaban J connectivity index is 1.83. The summed E-state index contributed by atoms with van der Waals surface area (Å²) < 4.78 is 13.0. The van der Waals surface area contributed by atoms with E-state index in [1.54, 1.807) is 35.7 Å². The molecule has 4 aromatic rings. The van der Waals surface area contributed by atoms with Crippen molar-refractivity contribution in [1.82, 2.24) is 15.0 Å². The van der Waals surface area contributed by atoms with Crippen molar-refractivity contribution in [3.8, 4) is 11.5 Å². The molecule has 7 heteroatoms. The van der Waals surface area contributed by atoms with Gasteiger partial charge in [0.2, 0.25) is 0 Å². The predicted octanol–water partition coefficient (Wildman–Crippen LogP) is 5.85. The molecule has 0 saturated carbocycles. The molecular weight excluding hydrogens is 390 g/mol. The number of rotatable bonds is 4. The third-order valence-electron chi connectivity index (χ3n) is 4.99. The van der Waals surface area contributed by atoms with Gasteiger partial charge in [-0.1, -0.05) is 6.92 Å². The number of nitrogens with zero attached hydrogens (tertiary/aromatic N) is 3. The Bertz CT molecular complexity index is 1170. The maximum absolute atomic E-state index is 6.13. The lowest BCUT2D eigenvalue weighted by Crippen LogP contribution is -2.32. The third kappa shape index (κ3) is 2.93. The highest BCUT2D eigenvalue weighted by atomic mass is 32.2. The zero-order chi connectivity index (χ0) is 19.3. The lowest BCUT2D eigenvalue weighted by Gasteiger charge is -2.32. The summed E-state index contributed by atoms with van der Waals surface area (Å²) in [6.45, 7) is 6.99. The Hall–Kier alpha value is -1.96. The molecule has 0 aromatic carbocycles. The number of aromatic nitrogens is 3. The molecule has 5 rings (SSSR count). The van der Waals surface area contributed by atoms with Crippen LogP contribution in [0.1, 0.15) is 38.3 Å². The fraction of sp³-hybridized carbons (Fsp3) is 0.381. The number of hydrogen-bond acceptors (Lipinski definition) is 7. The maximum atomic E-state index is 6.13. The highest BCUT2D eigenvalue weighted by molar-refractivity contribution is 7.99. The van der Waals surface area contributed by atoms with E-state index in [9.17, 15) is 0 Å². The molecule has 144 valence electrons. The monoisotopic (exact) mass is 411 g/mol. The molecule has 0 atom stereocenters. The maximum Gasteiger partial charge on any atom is 0.152 e. The molecule has 4 aromatic heterocycles. The molecule has 0 radical (unpaired) electrons. The summed E-state index contributed by atoms with van der Waals surface area (Å²) in [4.78, 5) is 15.2. The normalized spacial score (nSPS) is 16.0. The molecule has 1 aliphatic heterocycles. The van der Waals surface area contributed by atoms with Gasteiger partial charge in [0.05, 0.1) is 28.7 Å². The van der Waals surface area contributed by atoms with Gasteiger partial charge in [0.15, 0.2) is 5.76 Å². The van der Waals surface area contributed by atoms with Crippen molar-refractivity contribution in [2.75, 3.05) is 5.75 Å². The van der Waals surface area contributed by atoms with Gasteiger partial charge in [-0.3, -0.25) is 0 Å². The molecule has 28 heavy (non-hydrogen) atoms. The van der Waals surface area contributed by atoms with Crippen LogP contribution in [0.15, 0.2) is 34.2 Å². The number of ether oxygens (including phenoxy) is 1. The van der Waals surface area contributed by atoms with Crippen LogP contribution in [0.2, 0.25) is 0 Å². The van der Waals surface area contributed by atoms with Crippen molar-refractivity contribution in [2.24, 2.45) is 0 Å². The second-order valence-corrected chi connectivity index (χ2v) is 9.69. The van der Waals surface area contributed by atoms with Crippen LogP contribution in [0.4, 0.5) is 0 Å². The fourth-order valence-corrected chi connectivity index (χ4v) is 5.80. The smallest absolute Gasteiger partial charge is 0.152 e. The zero-order valence-electron chi connectivity index (χ0n) is 16.1. The third-order valence-corrected chi connectivity index (χ3v) is 7.40. The standard InChI is InChI=1S/C21H21N3O2S2/c1-4-8-27-20-18-17(22-11-23-20)15-12-9-21(2,3)26-10-13(12)16(24-19(15)28-18)14-6-5-7-25-14/h5-7,11H,4,8-10H2,1-3H3. The Morgan fingerprint density at radius 2 is 2.14 bits per heavy atom. The summed E-state index contributed by atoms with van der Waals surface area (Å²) in [6, 6.07) is 3.86. The quantitative estimate of drug-likeness (QED) is 0.310. The number of thiophene rings is 1. The van der Waals surface area contributed by atoms with E-state index in [0.29, 0.717) is 6.61 Å². The molecule has 5 nitrogen and oxygen atoms in total. The highest BCUT2D eigenvalue weighted by Gasteiger charge is 2.32. The molecule has 1 aliphatic rings. The van der Waals surface area contributed by atoms with Gasteiger partial charge in [-0.25, -0.2) is 15.0 Å². The Morgan fingerprint density at radius 3 is 2.93 bits per heavy atom. The van der Waals surface area contributed by atoms with Crippen LogP contribution >= 0.6 is 23.1 Å². The molecule has 0 bridgehead atoms. The van der Waals surface area contributed by atoms with Crippen LogP contribution in [0, 0.1) is 0 Å². The van der Waals surface area contributed by atoms with E-state index in [1.807, 2.05) is 12.1 Å². The Kier molecular flexibility index (Phi) is 4.41. The molecule has 0 fully saturated rings. The number of thioether (sulfide) groups is 1. The van der Waals surface area contributed by atoms with Crippen LogP contribution in [0.3, 0.4) is 0 Å². The van der Waals surface area contributed by atoms with E-state index in [2.05, 4.69) is 30.7 Å². The summed E-state index contributed by atoms with van der Waals surface area (Å²) in [5, 5.41) is 2.21. The number of fused-ring (bicyclic) bond motifs is 5. The van der Waals surface area contributed by atoms with Gasteiger partial charge in [0.1, 0.15) is 21.9 Å². The van der Waals surface area contributed by atoms with Crippen molar-refractivity contribution in [3.05, 3.63) is 35.9 Å². The molecule has 0 aliphatic carbocycles. The minimum absolute atomic E-state index is 0.219. The van der Waals surface area contributed by atoms with E-state index in [0.717, 1.165) is 61.1 Å². The van der Waals surface area contributed by atoms with Crippen molar-refractivity contribution in [2.45, 2.75) is 50.8 Å². The van der Waals surface area contributed by atoms with Crippen molar-refractivity contribution in [1.29, 1.82) is 0 Å². The van der Waals surface area contributed by atoms with Crippen molar-refractivity contribution < 1.29 is 9.15 Å². The first-order valence-corrected chi connectivity index (χ1v) is 11.3. The fourth-order valence-electron chi connectivity index (χ4n) is 3.70. The Labute approximate surface area is 171 Å². The lowest BCUT2D eigenvalue weighted by atomic mass is 9.89. The molecule has 0 spiro atoms. The second kappa shape index (κ2) is 6.83. The number of hydrogen-bond donors (Lipinski definition) is 0. The predicted molar refractivity (Wildman–Crippen MR) is 114 cm³/mol. The van der Waals surface area contributed by atoms with Crippen LogP contribution < -0.4 is 0 Å². The van der Waals surface area contributed by atoms with E-state index < -0.39 is 0 Å². The summed E-state index contributed by atoms with van der Waals surface area (Å²) in [5.74, 6) is 1.83. The minimum Gasteiger partial charge on any atom is -0.463 e. The highest BCUT2D eigenvalue weighted by Crippen LogP contribution is 2.44. The first-order chi connectivity index (χ1) is 13.6. The second-order valence-electron chi connectivity index (χ2n) is 7.61. The number of furan rings is 1. The molecular formula is C21H21N3O2S2. The van der Waals surface area contributed by atoms with Gasteiger partial charge in [-0.2, -0.15) is 0 Å². The molecule has 0 saturated heterocycles. The van der Waals surface area contributed by atoms with E-state index >= 15 is 0 Å². The van der Waals surface area contributed by atoms with Gasteiger partial charge in [0.25, 0.3) is 0 Å². The van der Waals surface area contributed by atoms with E-state index in [4.69, 9.17) is 14.1 Å². The van der Waals surface area contributed by atoms with Gasteiger partial charge in [-0.05, 0) is 43.7 Å². The van der Waals surface area contributed by atoms with Gasteiger partial charge >= 0.3 is 0 Å². The SMILES string of the molecule is CCCSc1ncnc2c1sc1nc(-c3ccco3)c3c(c12)CC(C)(C)OC3. The zero-order valence-corrected chi connectivity index (χ0v) is 17.7. The summed E-state index contributed by atoms with van der Waals surface area (Å²) in [6.07, 6.45) is 5.31. The van der Waals surface area contributed by atoms with Crippen molar-refractivity contribution in [3.63, 3.8) is 0 Å². The van der Waals surface area contributed by atoms with Crippen LogP contribution in [0.25, 0.3) is 31.9 Å². The molecule has 5 heterocycles. The largest absolute Gasteiger partial charge is 0.463 e. The van der Waals surface area contributed by atoms with Crippen molar-refractivity contribution >= 4 is 43.5 Å². The van der Waals surface area contributed by atoms with E-state index in [-0.39, 0.29) is 5.60 Å². The minimum atomic E-state index is -0.219. The summed E-state index contributed by atoms with van der Waals surface area (Å²) in [5.41, 5.74) is 4.07. The van der Waals surface area contributed by atoms with Gasteiger partial charge in [-0.15, -0.1) is 23.1 Å².